The van der Waals surface area contributed by atoms with Crippen LogP contribution in [0.2, 0.25) is 0 Å². The van der Waals surface area contributed by atoms with E-state index in [2.05, 4.69) is 0 Å². The van der Waals surface area contributed by atoms with Gasteiger partial charge in [-0.1, -0.05) is 12.2 Å². The number of sulfone groups is 1. The van der Waals surface area contributed by atoms with Gasteiger partial charge < -0.3 is 4.74 Å². The van der Waals surface area contributed by atoms with Gasteiger partial charge in [-0.15, -0.1) is 0 Å². The van der Waals surface area contributed by atoms with E-state index in [-0.39, 0.29) is 16.4 Å². The van der Waals surface area contributed by atoms with Crippen LogP contribution in [-0.2, 0) is 9.84 Å². The Morgan fingerprint density at radius 1 is 1.41 bits per heavy atom. The van der Waals surface area contributed by atoms with Crippen LogP contribution >= 0.6 is 11.6 Å². The minimum Gasteiger partial charge on any atom is -0.489 e. The maximum absolute atomic E-state index is 12.5. The Labute approximate surface area is 134 Å². The molecule has 1 heterocycles. The summed E-state index contributed by atoms with van der Waals surface area (Å²) >= 11 is 5.52. The van der Waals surface area contributed by atoms with E-state index in [1.165, 1.54) is 36.1 Å². The van der Waals surface area contributed by atoms with Crippen LogP contribution in [0.1, 0.15) is 13.8 Å². The fourth-order valence-electron chi connectivity index (χ4n) is 2.06. The molecule has 1 aliphatic rings. The third kappa shape index (κ3) is 3.18. The zero-order valence-corrected chi connectivity index (χ0v) is 13.8. The van der Waals surface area contributed by atoms with E-state index >= 15 is 0 Å². The number of rotatable bonds is 3. The fourth-order valence-corrected chi connectivity index (χ4v) is 3.37. The van der Waals surface area contributed by atoms with Gasteiger partial charge >= 0.3 is 5.37 Å². The number of benzene rings is 1. The van der Waals surface area contributed by atoms with Gasteiger partial charge in [-0.2, -0.15) is 0 Å². The Morgan fingerprint density at radius 3 is 2.77 bits per heavy atom. The number of halogens is 1. The van der Waals surface area contributed by atoms with Gasteiger partial charge in [0.2, 0.25) is 9.84 Å². The molecular formula is C15H16ClNO4S. The summed E-state index contributed by atoms with van der Waals surface area (Å²) in [7, 11) is -3.59. The van der Waals surface area contributed by atoms with Crippen molar-refractivity contribution in [3.05, 3.63) is 41.3 Å². The number of ether oxygens (including phenoxy) is 1. The molecule has 0 unspecified atom stereocenters. The van der Waals surface area contributed by atoms with Crippen LogP contribution in [0.15, 0.2) is 46.2 Å². The minimum absolute atomic E-state index is 0.119. The molecule has 1 aliphatic heterocycles. The summed E-state index contributed by atoms with van der Waals surface area (Å²) in [6, 6.07) is 4.40. The maximum atomic E-state index is 12.5. The van der Waals surface area contributed by atoms with Gasteiger partial charge in [-0.3, -0.25) is 9.69 Å². The summed E-state index contributed by atoms with van der Waals surface area (Å²) in [5, 5.41) is -0.621. The van der Waals surface area contributed by atoms with Gasteiger partial charge in [0.05, 0.1) is 17.1 Å². The van der Waals surface area contributed by atoms with Gasteiger partial charge in [0.1, 0.15) is 12.4 Å². The van der Waals surface area contributed by atoms with E-state index in [0.717, 1.165) is 0 Å². The number of anilines is 1. The normalized spacial score (nSPS) is 15.6. The number of fused-ring (bicyclic) bond motifs is 1. The molecule has 0 bridgehead atoms. The predicted octanol–water partition coefficient (Wildman–Crippen LogP) is 3.50. The molecule has 0 aliphatic carbocycles. The molecule has 2 rings (SSSR count). The summed E-state index contributed by atoms with van der Waals surface area (Å²) < 4.78 is 30.4. The number of hydrogen-bond acceptors (Lipinski definition) is 4. The number of nitrogens with zero attached hydrogens (tertiary/aromatic N) is 1. The molecule has 0 atom stereocenters. The van der Waals surface area contributed by atoms with Crippen molar-refractivity contribution in [3.63, 3.8) is 0 Å². The lowest BCUT2D eigenvalue weighted by atomic mass is 10.2. The topological polar surface area (TPSA) is 63.7 Å². The molecule has 0 fully saturated rings. The minimum atomic E-state index is -3.59. The zero-order valence-electron chi connectivity index (χ0n) is 12.2. The molecule has 0 saturated heterocycles. The smallest absolute Gasteiger partial charge is 0.321 e. The average Bonchev–Trinajstić information content (AvgIpc) is 2.51. The standard InChI is InChI=1S/C15H16ClNO4S/c1-3-4-5-11(2)22(19,20)12-6-7-13-14(10-12)21-9-8-17(13)15(16)18/h3-7,10H,8-9H2,1-2H3/b4-3-,11-5+. The summed E-state index contributed by atoms with van der Waals surface area (Å²) in [6.45, 7) is 3.94. The van der Waals surface area contributed by atoms with Crippen molar-refractivity contribution in [3.8, 4) is 5.75 Å². The highest BCUT2D eigenvalue weighted by molar-refractivity contribution is 7.95. The molecular weight excluding hydrogens is 326 g/mol. The van der Waals surface area contributed by atoms with Gasteiger partial charge in [-0.05, 0) is 43.7 Å². The van der Waals surface area contributed by atoms with Crippen molar-refractivity contribution < 1.29 is 17.9 Å². The zero-order chi connectivity index (χ0) is 16.3. The highest BCUT2D eigenvalue weighted by Crippen LogP contribution is 2.35. The first-order valence-corrected chi connectivity index (χ1v) is 8.52. The largest absolute Gasteiger partial charge is 0.489 e. The van der Waals surface area contributed by atoms with Gasteiger partial charge in [0, 0.05) is 11.0 Å². The van der Waals surface area contributed by atoms with Gasteiger partial charge in [0.15, 0.2) is 0 Å². The van der Waals surface area contributed by atoms with Crippen molar-refractivity contribution in [2.75, 3.05) is 18.1 Å². The van der Waals surface area contributed by atoms with E-state index in [9.17, 15) is 13.2 Å². The van der Waals surface area contributed by atoms with Crippen molar-refractivity contribution >= 4 is 32.5 Å². The van der Waals surface area contributed by atoms with Crippen molar-refractivity contribution in [1.29, 1.82) is 0 Å². The lowest BCUT2D eigenvalue weighted by Gasteiger charge is -2.27. The number of amides is 1. The Balaban J connectivity index is 2.46. The molecule has 1 amide bonds. The second kappa shape index (κ2) is 6.54. The number of carbonyl (C=O) groups excluding carboxylic acids is 1. The Hall–Kier alpha value is -1.79. The summed E-state index contributed by atoms with van der Waals surface area (Å²) in [6.07, 6.45) is 4.94. The first kappa shape index (κ1) is 16.6. The Kier molecular flexibility index (Phi) is 4.93. The molecule has 1 aromatic carbocycles. The molecule has 0 aromatic heterocycles. The molecule has 1 aromatic rings. The number of allylic oxidation sites excluding steroid dienone is 4. The van der Waals surface area contributed by atoms with Crippen LogP contribution in [0.3, 0.4) is 0 Å². The van der Waals surface area contributed by atoms with E-state index < -0.39 is 15.2 Å². The molecule has 7 heteroatoms. The lowest BCUT2D eigenvalue weighted by molar-refractivity contribution is 0.257. The Morgan fingerprint density at radius 2 is 2.14 bits per heavy atom. The average molecular weight is 342 g/mol. The quantitative estimate of drug-likeness (QED) is 0.479. The van der Waals surface area contributed by atoms with Crippen LogP contribution in [0.25, 0.3) is 0 Å². The number of carbonyl (C=O) groups is 1. The van der Waals surface area contributed by atoms with Crippen LogP contribution in [0, 0.1) is 0 Å². The molecule has 0 spiro atoms. The SMILES string of the molecule is C/C=C\C=C(/C)S(=O)(=O)c1ccc2c(c1)OCCN2C(=O)Cl. The highest BCUT2D eigenvalue weighted by atomic mass is 35.5. The molecule has 22 heavy (non-hydrogen) atoms. The molecule has 5 nitrogen and oxygen atoms in total. The first-order valence-electron chi connectivity index (χ1n) is 6.66. The van der Waals surface area contributed by atoms with Crippen LogP contribution in [0.4, 0.5) is 10.5 Å². The fraction of sp³-hybridized carbons (Fsp3) is 0.267. The number of hydrogen-bond donors (Lipinski definition) is 0. The summed E-state index contributed by atoms with van der Waals surface area (Å²) in [5.74, 6) is 0.333. The van der Waals surface area contributed by atoms with Gasteiger partial charge in [0.25, 0.3) is 0 Å². The van der Waals surface area contributed by atoms with Crippen LogP contribution in [-0.4, -0.2) is 26.9 Å². The second-order valence-electron chi connectivity index (χ2n) is 4.69. The molecule has 0 radical (unpaired) electrons. The lowest BCUT2D eigenvalue weighted by Crippen LogP contribution is -2.34. The third-order valence-corrected chi connectivity index (χ3v) is 5.33. The first-order chi connectivity index (χ1) is 10.4. The molecule has 0 saturated carbocycles. The highest BCUT2D eigenvalue weighted by Gasteiger charge is 2.25. The van der Waals surface area contributed by atoms with Crippen molar-refractivity contribution in [1.82, 2.24) is 0 Å². The van der Waals surface area contributed by atoms with Crippen LogP contribution in [0.5, 0.6) is 5.75 Å². The van der Waals surface area contributed by atoms with Gasteiger partial charge in [-0.25, -0.2) is 8.42 Å². The second-order valence-corrected chi connectivity index (χ2v) is 7.13. The van der Waals surface area contributed by atoms with Crippen LogP contribution < -0.4 is 9.64 Å². The van der Waals surface area contributed by atoms with E-state index in [4.69, 9.17) is 16.3 Å². The van der Waals surface area contributed by atoms with Crippen molar-refractivity contribution in [2.45, 2.75) is 18.7 Å². The van der Waals surface area contributed by atoms with Crippen molar-refractivity contribution in [2.24, 2.45) is 0 Å². The maximum Gasteiger partial charge on any atom is 0.321 e. The van der Waals surface area contributed by atoms with E-state index in [1.54, 1.807) is 19.1 Å². The third-order valence-electron chi connectivity index (χ3n) is 3.26. The summed E-state index contributed by atoms with van der Waals surface area (Å²) in [5.41, 5.74) is 0.472. The molecule has 118 valence electrons. The Bertz CT molecular complexity index is 753. The summed E-state index contributed by atoms with van der Waals surface area (Å²) in [4.78, 5) is 13.1. The van der Waals surface area contributed by atoms with E-state index in [1.807, 2.05) is 0 Å². The predicted molar refractivity (Wildman–Crippen MR) is 86.3 cm³/mol. The molecule has 0 N–H and O–H groups in total. The van der Waals surface area contributed by atoms with E-state index in [0.29, 0.717) is 18.0 Å². The monoisotopic (exact) mass is 341 g/mol.